The quantitative estimate of drug-likeness (QED) is 0.381. The summed E-state index contributed by atoms with van der Waals surface area (Å²) in [4.78, 5) is 46.1. The minimum atomic E-state index is -4.52. The Kier molecular flexibility index (Phi) is 4.42. The number of hydrogen-bond acceptors (Lipinski definition) is 6. The van der Waals surface area contributed by atoms with Crippen molar-refractivity contribution in [1.82, 2.24) is 15.5 Å². The molecule has 3 N–H and O–H groups in total. The van der Waals surface area contributed by atoms with Gasteiger partial charge in [-0.1, -0.05) is 30.3 Å². The number of carboxylic acid groups (broad SMARTS) is 1. The molecule has 2 fully saturated rings. The molecule has 1 aromatic rings. The van der Waals surface area contributed by atoms with Crippen LogP contribution in [0.1, 0.15) is 5.56 Å². The molecule has 11 heteroatoms. The fraction of sp³-hybridized carbons (Fsp3) is 0.375. The van der Waals surface area contributed by atoms with Crippen molar-refractivity contribution in [3.63, 3.8) is 0 Å². The number of β-lactam (4-membered cyclic amide) rings is 1. The van der Waals surface area contributed by atoms with Gasteiger partial charge in [0.2, 0.25) is 11.8 Å². The van der Waals surface area contributed by atoms with E-state index in [1.807, 2.05) is 0 Å². The smallest absolute Gasteiger partial charge is 0.355 e. The van der Waals surface area contributed by atoms with Crippen LogP contribution in [0.3, 0.4) is 0 Å². The van der Waals surface area contributed by atoms with Crippen LogP contribution in [-0.2, 0) is 35.4 Å². The average molecular weight is 395 g/mol. The van der Waals surface area contributed by atoms with Gasteiger partial charge in [-0.05, 0) is 5.56 Å². The maximum absolute atomic E-state index is 12.5. The van der Waals surface area contributed by atoms with Gasteiger partial charge in [0.15, 0.2) is 9.84 Å². The highest BCUT2D eigenvalue weighted by Crippen LogP contribution is 2.37. The largest absolute Gasteiger partial charge is 0.478 e. The van der Waals surface area contributed by atoms with E-state index >= 15 is 0 Å². The number of benzene rings is 1. The van der Waals surface area contributed by atoms with Crippen molar-refractivity contribution in [2.75, 3.05) is 12.8 Å². The van der Waals surface area contributed by atoms with Gasteiger partial charge in [-0.15, -0.1) is 0 Å². The summed E-state index contributed by atoms with van der Waals surface area (Å²) in [5.74, 6) is -4.66. The molecule has 10 nitrogen and oxygen atoms in total. The van der Waals surface area contributed by atoms with Crippen LogP contribution in [0, 0.1) is 0 Å². The normalized spacial score (nSPS) is 27.2. The number of hydrogen-bond donors (Lipinski definition) is 3. The van der Waals surface area contributed by atoms with E-state index in [0.717, 1.165) is 0 Å². The van der Waals surface area contributed by atoms with Gasteiger partial charge in [-0.3, -0.25) is 19.3 Å². The van der Waals surface area contributed by atoms with E-state index in [2.05, 4.69) is 10.6 Å². The highest BCUT2D eigenvalue weighted by atomic mass is 32.2. The van der Waals surface area contributed by atoms with E-state index in [-0.39, 0.29) is 13.0 Å². The van der Waals surface area contributed by atoms with Gasteiger partial charge in [0, 0.05) is 12.8 Å². The van der Waals surface area contributed by atoms with Crippen LogP contribution in [0.5, 0.6) is 0 Å². The standard InChI is InChI=1S/C16H17N3O7S/c1-27(25,26)16(15(23)24)14(22)17-8-10-12(13(21)19(10)16)18-11(20)7-9-5-3-2-4-6-9/h2-6,10,12H,7-8H2,1H3,(H,17,22)(H,18,20)(H,23,24)/t10-,12+,16?/m1/s1. The first kappa shape index (κ1) is 18.8. The summed E-state index contributed by atoms with van der Waals surface area (Å²) in [6.07, 6.45) is 0.581. The lowest BCUT2D eigenvalue weighted by molar-refractivity contribution is -0.177. The minimum absolute atomic E-state index is 0.000150. The molecule has 0 bridgehead atoms. The van der Waals surface area contributed by atoms with Gasteiger partial charge in [0.05, 0.1) is 12.5 Å². The van der Waals surface area contributed by atoms with E-state index in [0.29, 0.717) is 16.7 Å². The third-order valence-corrected chi connectivity index (χ3v) is 6.32. The van der Waals surface area contributed by atoms with Crippen molar-refractivity contribution in [3.05, 3.63) is 35.9 Å². The zero-order chi connectivity index (χ0) is 20.0. The first-order valence-corrected chi connectivity index (χ1v) is 9.87. The first-order chi connectivity index (χ1) is 12.6. The van der Waals surface area contributed by atoms with Crippen molar-refractivity contribution in [1.29, 1.82) is 0 Å². The fourth-order valence-electron chi connectivity index (χ4n) is 3.44. The second-order valence-corrected chi connectivity index (χ2v) is 8.55. The lowest BCUT2D eigenvalue weighted by Gasteiger charge is -2.55. The van der Waals surface area contributed by atoms with E-state index in [4.69, 9.17) is 0 Å². The number of amides is 3. The van der Waals surface area contributed by atoms with Crippen LogP contribution >= 0.6 is 0 Å². The molecule has 2 aliphatic heterocycles. The zero-order valence-electron chi connectivity index (χ0n) is 14.2. The molecule has 3 rings (SSSR count). The lowest BCUT2D eigenvalue weighted by atomic mass is 9.88. The zero-order valence-corrected chi connectivity index (χ0v) is 15.0. The van der Waals surface area contributed by atoms with E-state index < -0.39 is 50.5 Å². The molecule has 0 spiro atoms. The second kappa shape index (κ2) is 6.34. The molecule has 27 heavy (non-hydrogen) atoms. The Morgan fingerprint density at radius 3 is 2.48 bits per heavy atom. The van der Waals surface area contributed by atoms with Gasteiger partial charge >= 0.3 is 10.8 Å². The number of nitrogens with zero attached hydrogens (tertiary/aromatic N) is 1. The summed E-state index contributed by atoms with van der Waals surface area (Å²) in [6.45, 7) is -0.161. The molecule has 1 unspecified atom stereocenters. The molecule has 2 saturated heterocycles. The number of aliphatic carboxylic acids is 1. The van der Waals surface area contributed by atoms with Gasteiger partial charge in [-0.2, -0.15) is 0 Å². The molecule has 1 aromatic carbocycles. The third-order valence-electron chi connectivity index (χ3n) is 4.69. The van der Waals surface area contributed by atoms with Crippen molar-refractivity contribution in [3.8, 4) is 0 Å². The fourth-order valence-corrected chi connectivity index (χ4v) is 4.75. The van der Waals surface area contributed by atoms with E-state index in [9.17, 15) is 32.7 Å². The summed E-state index contributed by atoms with van der Waals surface area (Å²) >= 11 is 0. The Balaban J connectivity index is 1.83. The molecule has 3 atom stereocenters. The highest BCUT2D eigenvalue weighted by molar-refractivity contribution is 7.93. The number of sulfone groups is 1. The monoisotopic (exact) mass is 395 g/mol. The maximum Gasteiger partial charge on any atom is 0.355 e. The van der Waals surface area contributed by atoms with Crippen LogP contribution in [-0.4, -0.2) is 71.9 Å². The molecular weight excluding hydrogens is 378 g/mol. The molecule has 2 heterocycles. The molecule has 2 aliphatic rings. The molecule has 0 aliphatic carbocycles. The topological polar surface area (TPSA) is 150 Å². The number of carbonyl (C=O) groups is 4. The maximum atomic E-state index is 12.5. The summed E-state index contributed by atoms with van der Waals surface area (Å²) < 4.78 is 24.3. The Bertz CT molecular complexity index is 931. The predicted octanol–water partition coefficient (Wildman–Crippen LogP) is -2.12. The highest BCUT2D eigenvalue weighted by Gasteiger charge is 2.71. The molecule has 0 radical (unpaired) electrons. The summed E-state index contributed by atoms with van der Waals surface area (Å²) in [5, 5.41) is 14.2. The van der Waals surface area contributed by atoms with Crippen LogP contribution in [0.25, 0.3) is 0 Å². The van der Waals surface area contributed by atoms with Crippen LogP contribution in [0.4, 0.5) is 0 Å². The molecule has 0 saturated carbocycles. The SMILES string of the molecule is CS(=O)(=O)C1(C(=O)O)C(=O)NC[C@@H]2[C@H](NC(=O)Cc3ccccc3)C(=O)N21. The Hall–Kier alpha value is -2.95. The Morgan fingerprint density at radius 2 is 1.93 bits per heavy atom. The predicted molar refractivity (Wildman–Crippen MR) is 90.9 cm³/mol. The van der Waals surface area contributed by atoms with Crippen molar-refractivity contribution in [2.45, 2.75) is 23.4 Å². The number of fused-ring (bicyclic) bond motifs is 1. The second-order valence-electron chi connectivity index (χ2n) is 6.41. The average Bonchev–Trinajstić information content (AvgIpc) is 2.59. The Morgan fingerprint density at radius 1 is 1.30 bits per heavy atom. The van der Waals surface area contributed by atoms with Gasteiger partial charge in [0.25, 0.3) is 5.91 Å². The van der Waals surface area contributed by atoms with Crippen molar-refractivity contribution < 1.29 is 32.7 Å². The van der Waals surface area contributed by atoms with Gasteiger partial charge in [0.1, 0.15) is 6.04 Å². The number of carbonyl (C=O) groups excluding carboxylic acids is 3. The van der Waals surface area contributed by atoms with Gasteiger partial charge < -0.3 is 15.7 Å². The summed E-state index contributed by atoms with van der Waals surface area (Å²) in [5.41, 5.74) is 0.714. The molecular formula is C16H17N3O7S. The third kappa shape index (κ3) is 2.74. The van der Waals surface area contributed by atoms with Crippen LogP contribution in [0.15, 0.2) is 30.3 Å². The van der Waals surface area contributed by atoms with Crippen molar-refractivity contribution in [2.24, 2.45) is 0 Å². The van der Waals surface area contributed by atoms with Crippen molar-refractivity contribution >= 4 is 33.5 Å². The lowest BCUT2D eigenvalue weighted by Crippen LogP contribution is -2.87. The number of carboxylic acids is 1. The summed E-state index contributed by atoms with van der Waals surface area (Å²) in [6, 6.07) is 6.67. The Labute approximate surface area is 154 Å². The summed E-state index contributed by atoms with van der Waals surface area (Å²) in [7, 11) is -4.52. The van der Waals surface area contributed by atoms with Crippen LogP contribution in [0.2, 0.25) is 0 Å². The molecule has 0 aromatic heterocycles. The molecule has 3 amide bonds. The minimum Gasteiger partial charge on any atom is -0.478 e. The number of piperazine rings is 1. The van der Waals surface area contributed by atoms with E-state index in [1.165, 1.54) is 0 Å². The molecule has 144 valence electrons. The first-order valence-electron chi connectivity index (χ1n) is 7.98. The number of nitrogens with one attached hydrogen (secondary N) is 2. The van der Waals surface area contributed by atoms with Gasteiger partial charge in [-0.25, -0.2) is 13.2 Å². The van der Waals surface area contributed by atoms with E-state index in [1.54, 1.807) is 30.3 Å². The number of rotatable bonds is 5. The van der Waals surface area contributed by atoms with Crippen LogP contribution < -0.4 is 10.6 Å².